The van der Waals surface area contributed by atoms with Crippen LogP contribution in [0, 0.1) is 0 Å². The average Bonchev–Trinajstić information content (AvgIpc) is 2.95. The van der Waals surface area contributed by atoms with Crippen molar-refractivity contribution in [2.45, 2.75) is 6.54 Å². The Bertz CT molecular complexity index is 801. The molecule has 0 saturated heterocycles. The van der Waals surface area contributed by atoms with E-state index in [0.717, 1.165) is 16.3 Å². The lowest BCUT2D eigenvalue weighted by Gasteiger charge is -2.08. The molecule has 0 unspecified atom stereocenters. The van der Waals surface area contributed by atoms with Crippen molar-refractivity contribution in [1.29, 1.82) is 0 Å². The SMILES string of the molecule is S=C(Nc1ccccc1)Nc1ccn(Cc2cccc(Cl)c2)n1. The molecule has 116 valence electrons. The molecule has 0 aliphatic carbocycles. The highest BCUT2D eigenvalue weighted by Gasteiger charge is 2.03. The van der Waals surface area contributed by atoms with Gasteiger partial charge >= 0.3 is 0 Å². The van der Waals surface area contributed by atoms with Crippen LogP contribution in [-0.2, 0) is 6.54 Å². The molecule has 0 aliphatic heterocycles. The summed E-state index contributed by atoms with van der Waals surface area (Å²) in [6.45, 7) is 0.654. The zero-order valence-electron chi connectivity index (χ0n) is 12.2. The van der Waals surface area contributed by atoms with E-state index in [-0.39, 0.29) is 0 Å². The Balaban J connectivity index is 1.60. The van der Waals surface area contributed by atoms with Crippen LogP contribution in [0.25, 0.3) is 0 Å². The fraction of sp³-hybridized carbons (Fsp3) is 0.0588. The lowest BCUT2D eigenvalue weighted by Crippen LogP contribution is -2.19. The first-order chi connectivity index (χ1) is 11.2. The molecule has 3 aromatic rings. The number of anilines is 2. The molecule has 23 heavy (non-hydrogen) atoms. The number of nitrogens with one attached hydrogen (secondary N) is 2. The van der Waals surface area contributed by atoms with Crippen molar-refractivity contribution >= 4 is 40.4 Å². The van der Waals surface area contributed by atoms with Gasteiger partial charge < -0.3 is 10.6 Å². The fourth-order valence-electron chi connectivity index (χ4n) is 2.14. The summed E-state index contributed by atoms with van der Waals surface area (Å²) in [5, 5.41) is 11.9. The quantitative estimate of drug-likeness (QED) is 0.690. The third kappa shape index (κ3) is 4.55. The van der Waals surface area contributed by atoms with E-state index < -0.39 is 0 Å². The Morgan fingerprint density at radius 1 is 1.04 bits per heavy atom. The second kappa shape index (κ2) is 7.26. The minimum atomic E-state index is 0.504. The molecule has 0 atom stereocenters. The molecule has 0 aliphatic rings. The maximum absolute atomic E-state index is 5.99. The Kier molecular flexibility index (Phi) is 4.90. The summed E-state index contributed by atoms with van der Waals surface area (Å²) >= 11 is 11.3. The highest BCUT2D eigenvalue weighted by atomic mass is 35.5. The number of hydrogen-bond acceptors (Lipinski definition) is 2. The second-order valence-electron chi connectivity index (χ2n) is 4.97. The van der Waals surface area contributed by atoms with Crippen molar-refractivity contribution in [1.82, 2.24) is 9.78 Å². The van der Waals surface area contributed by atoms with Crippen LogP contribution in [0.4, 0.5) is 11.5 Å². The molecule has 4 nitrogen and oxygen atoms in total. The first-order valence-corrected chi connectivity index (χ1v) is 7.88. The normalized spacial score (nSPS) is 10.3. The molecule has 6 heteroatoms. The fourth-order valence-corrected chi connectivity index (χ4v) is 2.57. The maximum Gasteiger partial charge on any atom is 0.176 e. The third-order valence-electron chi connectivity index (χ3n) is 3.15. The number of nitrogens with zero attached hydrogens (tertiary/aromatic N) is 2. The van der Waals surface area contributed by atoms with Gasteiger partial charge in [0.1, 0.15) is 0 Å². The third-order valence-corrected chi connectivity index (χ3v) is 3.59. The van der Waals surface area contributed by atoms with Crippen LogP contribution in [-0.4, -0.2) is 14.9 Å². The van der Waals surface area contributed by atoms with Crippen LogP contribution in [0.3, 0.4) is 0 Å². The van der Waals surface area contributed by atoms with Crippen LogP contribution in [0.2, 0.25) is 5.02 Å². The van der Waals surface area contributed by atoms with Crippen molar-refractivity contribution in [3.8, 4) is 0 Å². The van der Waals surface area contributed by atoms with Gasteiger partial charge in [0.05, 0.1) is 6.54 Å². The summed E-state index contributed by atoms with van der Waals surface area (Å²) in [6.07, 6.45) is 1.90. The molecule has 3 rings (SSSR count). The zero-order chi connectivity index (χ0) is 16.1. The largest absolute Gasteiger partial charge is 0.332 e. The highest BCUT2D eigenvalue weighted by Crippen LogP contribution is 2.13. The zero-order valence-corrected chi connectivity index (χ0v) is 13.8. The van der Waals surface area contributed by atoms with Crippen molar-refractivity contribution in [2.24, 2.45) is 0 Å². The number of rotatable bonds is 4. The topological polar surface area (TPSA) is 41.9 Å². The van der Waals surface area contributed by atoms with E-state index >= 15 is 0 Å². The lowest BCUT2D eigenvalue weighted by molar-refractivity contribution is 0.690. The van der Waals surface area contributed by atoms with Crippen molar-refractivity contribution in [3.63, 3.8) is 0 Å². The Morgan fingerprint density at radius 3 is 2.65 bits per heavy atom. The number of thiocarbonyl (C=S) groups is 1. The standard InChI is InChI=1S/C17H15ClN4S/c18-14-6-4-5-13(11-14)12-22-10-9-16(21-22)20-17(23)19-15-7-2-1-3-8-15/h1-11H,12H2,(H2,19,20,21,23). The van der Waals surface area contributed by atoms with Gasteiger partial charge in [-0.05, 0) is 42.0 Å². The number of aromatic nitrogens is 2. The molecule has 2 aromatic carbocycles. The molecular formula is C17H15ClN4S. The van der Waals surface area contributed by atoms with Gasteiger partial charge in [-0.25, -0.2) is 0 Å². The van der Waals surface area contributed by atoms with Crippen LogP contribution in [0.5, 0.6) is 0 Å². The molecule has 2 N–H and O–H groups in total. The van der Waals surface area contributed by atoms with Gasteiger partial charge in [0.15, 0.2) is 10.9 Å². The van der Waals surface area contributed by atoms with Gasteiger partial charge in [-0.3, -0.25) is 4.68 Å². The first kappa shape index (κ1) is 15.5. The summed E-state index contributed by atoms with van der Waals surface area (Å²) in [6, 6.07) is 19.4. The van der Waals surface area contributed by atoms with Gasteiger partial charge in [-0.2, -0.15) is 5.10 Å². The van der Waals surface area contributed by atoms with E-state index in [4.69, 9.17) is 23.8 Å². The van der Waals surface area contributed by atoms with Crippen LogP contribution in [0.1, 0.15) is 5.56 Å². The van der Waals surface area contributed by atoms with E-state index in [1.165, 1.54) is 0 Å². The lowest BCUT2D eigenvalue weighted by atomic mass is 10.2. The number of benzene rings is 2. The van der Waals surface area contributed by atoms with Gasteiger partial charge in [0, 0.05) is 23.0 Å². The molecule has 1 aromatic heterocycles. The Hall–Kier alpha value is -2.37. The summed E-state index contributed by atoms with van der Waals surface area (Å²) in [5.41, 5.74) is 2.03. The van der Waals surface area contributed by atoms with Gasteiger partial charge in [-0.1, -0.05) is 41.9 Å². The van der Waals surface area contributed by atoms with Crippen molar-refractivity contribution in [3.05, 3.63) is 77.4 Å². The number of para-hydroxylation sites is 1. The summed E-state index contributed by atoms with van der Waals surface area (Å²) < 4.78 is 1.83. The van der Waals surface area contributed by atoms with E-state index in [0.29, 0.717) is 17.5 Å². The minimum Gasteiger partial charge on any atom is -0.332 e. The summed E-state index contributed by atoms with van der Waals surface area (Å²) in [5.74, 6) is 0.695. The predicted molar refractivity (Wildman–Crippen MR) is 99.1 cm³/mol. The van der Waals surface area contributed by atoms with E-state index in [1.54, 1.807) is 0 Å². The molecular weight excluding hydrogens is 328 g/mol. The molecule has 0 bridgehead atoms. The Morgan fingerprint density at radius 2 is 1.87 bits per heavy atom. The molecule has 0 saturated carbocycles. The van der Waals surface area contributed by atoms with Crippen LogP contribution >= 0.6 is 23.8 Å². The number of hydrogen-bond donors (Lipinski definition) is 2. The monoisotopic (exact) mass is 342 g/mol. The number of halogens is 1. The summed E-state index contributed by atoms with van der Waals surface area (Å²) in [7, 11) is 0. The van der Waals surface area contributed by atoms with Gasteiger partial charge in [0.2, 0.25) is 0 Å². The first-order valence-electron chi connectivity index (χ1n) is 7.10. The van der Waals surface area contributed by atoms with E-state index in [9.17, 15) is 0 Å². The molecule has 0 fully saturated rings. The molecule has 0 radical (unpaired) electrons. The molecule has 0 spiro atoms. The highest BCUT2D eigenvalue weighted by molar-refractivity contribution is 7.80. The van der Waals surface area contributed by atoms with E-state index in [1.807, 2.05) is 71.5 Å². The molecule has 1 heterocycles. The van der Waals surface area contributed by atoms with Gasteiger partial charge in [0.25, 0.3) is 0 Å². The van der Waals surface area contributed by atoms with Crippen LogP contribution in [0.15, 0.2) is 66.9 Å². The minimum absolute atomic E-state index is 0.504. The predicted octanol–water partition coefficient (Wildman–Crippen LogP) is 4.39. The molecule has 0 amide bonds. The van der Waals surface area contributed by atoms with Gasteiger partial charge in [-0.15, -0.1) is 0 Å². The van der Waals surface area contributed by atoms with Crippen LogP contribution < -0.4 is 10.6 Å². The van der Waals surface area contributed by atoms with E-state index in [2.05, 4.69) is 15.7 Å². The summed E-state index contributed by atoms with van der Waals surface area (Å²) in [4.78, 5) is 0. The average molecular weight is 343 g/mol. The maximum atomic E-state index is 5.99. The second-order valence-corrected chi connectivity index (χ2v) is 5.82. The smallest absolute Gasteiger partial charge is 0.176 e. The Labute approximate surface area is 145 Å². The van der Waals surface area contributed by atoms with Crippen molar-refractivity contribution in [2.75, 3.05) is 10.6 Å². The van der Waals surface area contributed by atoms with Crippen molar-refractivity contribution < 1.29 is 0 Å².